The number of piperazine rings is 1. The number of rotatable bonds is 2. The molecule has 0 bridgehead atoms. The van der Waals surface area contributed by atoms with Crippen LogP contribution in [0.15, 0.2) is 0 Å². The van der Waals surface area contributed by atoms with Crippen molar-refractivity contribution in [2.24, 2.45) is 0 Å². The van der Waals surface area contributed by atoms with Crippen LogP contribution in [0.25, 0.3) is 0 Å². The van der Waals surface area contributed by atoms with Crippen LogP contribution in [0.1, 0.15) is 51.9 Å². The molecule has 0 aromatic heterocycles. The lowest BCUT2D eigenvalue weighted by Crippen LogP contribution is -2.72. The molecule has 3 rings (SSSR count). The molecule has 2 atom stereocenters. The molecule has 5 nitrogen and oxygen atoms in total. The van der Waals surface area contributed by atoms with Crippen molar-refractivity contribution < 1.29 is 9.59 Å². The molecular weight excluding hydrogens is 266 g/mol. The minimum atomic E-state index is -0.585. The molecule has 2 heterocycles. The third-order valence-electron chi connectivity index (χ3n) is 5.48. The predicted molar refractivity (Wildman–Crippen MR) is 80.8 cm³/mol. The van der Waals surface area contributed by atoms with Crippen LogP contribution in [0.2, 0.25) is 0 Å². The van der Waals surface area contributed by atoms with Crippen molar-refractivity contribution >= 4 is 11.8 Å². The Kier molecular flexibility index (Phi) is 3.95. The summed E-state index contributed by atoms with van der Waals surface area (Å²) in [7, 11) is 2.10. The molecule has 2 unspecified atom stereocenters. The van der Waals surface area contributed by atoms with E-state index in [2.05, 4.69) is 17.3 Å². The topological polar surface area (TPSA) is 52.7 Å². The van der Waals surface area contributed by atoms with E-state index in [-0.39, 0.29) is 23.9 Å². The first-order valence-corrected chi connectivity index (χ1v) is 8.41. The van der Waals surface area contributed by atoms with Gasteiger partial charge >= 0.3 is 0 Å². The molecule has 1 saturated carbocycles. The molecule has 1 N–H and O–H groups in total. The number of likely N-dealkylation sites (N-methyl/N-ethyl adjacent to an activating group) is 1. The lowest BCUT2D eigenvalue weighted by atomic mass is 9.87. The summed E-state index contributed by atoms with van der Waals surface area (Å²) in [6.45, 7) is 3.99. The number of hydrogen-bond donors (Lipinski definition) is 1. The van der Waals surface area contributed by atoms with E-state index in [1.54, 1.807) is 0 Å². The van der Waals surface area contributed by atoms with Gasteiger partial charge in [0.1, 0.15) is 11.6 Å². The molecule has 0 aromatic rings. The van der Waals surface area contributed by atoms with Crippen molar-refractivity contribution in [1.29, 1.82) is 0 Å². The highest BCUT2D eigenvalue weighted by molar-refractivity contribution is 6.00. The monoisotopic (exact) mass is 293 g/mol. The summed E-state index contributed by atoms with van der Waals surface area (Å²) in [5.74, 6) is 0.249. The van der Waals surface area contributed by atoms with Gasteiger partial charge in [-0.05, 0) is 45.7 Å². The molecule has 2 aliphatic heterocycles. The molecule has 1 spiro atoms. The van der Waals surface area contributed by atoms with Gasteiger partial charge < -0.3 is 15.1 Å². The van der Waals surface area contributed by atoms with Crippen molar-refractivity contribution in [2.45, 2.75) is 69.5 Å². The number of likely N-dealkylation sites (tertiary alicyclic amines) is 1. The molecule has 0 radical (unpaired) electrons. The Morgan fingerprint density at radius 2 is 1.95 bits per heavy atom. The van der Waals surface area contributed by atoms with Crippen LogP contribution in [-0.2, 0) is 9.59 Å². The Balaban J connectivity index is 1.89. The number of hydrogen-bond acceptors (Lipinski definition) is 3. The van der Waals surface area contributed by atoms with Crippen LogP contribution in [0.5, 0.6) is 0 Å². The number of piperidine rings is 1. The first kappa shape index (κ1) is 14.8. The zero-order chi connectivity index (χ0) is 15.0. The van der Waals surface area contributed by atoms with Crippen LogP contribution in [-0.4, -0.2) is 59.4 Å². The Morgan fingerprint density at radius 3 is 2.57 bits per heavy atom. The maximum absolute atomic E-state index is 13.2. The fourth-order valence-corrected chi connectivity index (χ4v) is 4.37. The number of carbonyl (C=O) groups excluding carboxylic acids is 2. The smallest absolute Gasteiger partial charge is 0.249 e. The third kappa shape index (κ3) is 2.45. The second-order valence-electron chi connectivity index (χ2n) is 6.97. The second-order valence-corrected chi connectivity index (χ2v) is 6.97. The molecule has 3 aliphatic rings. The zero-order valence-electron chi connectivity index (χ0n) is 13.2. The molecule has 2 saturated heterocycles. The summed E-state index contributed by atoms with van der Waals surface area (Å²) < 4.78 is 0. The van der Waals surface area contributed by atoms with Gasteiger partial charge in [0, 0.05) is 12.6 Å². The van der Waals surface area contributed by atoms with Crippen LogP contribution < -0.4 is 5.32 Å². The first-order valence-electron chi connectivity index (χ1n) is 8.41. The summed E-state index contributed by atoms with van der Waals surface area (Å²) in [6, 6.07) is -0.0788. The first-order chi connectivity index (χ1) is 10.1. The summed E-state index contributed by atoms with van der Waals surface area (Å²) in [5, 5.41) is 3.08. The van der Waals surface area contributed by atoms with Gasteiger partial charge in [0.2, 0.25) is 11.8 Å². The maximum Gasteiger partial charge on any atom is 0.249 e. The predicted octanol–water partition coefficient (Wildman–Crippen LogP) is 1.13. The molecule has 0 aromatic carbocycles. The normalized spacial score (nSPS) is 33.5. The van der Waals surface area contributed by atoms with Crippen LogP contribution in [0, 0.1) is 0 Å². The van der Waals surface area contributed by atoms with Gasteiger partial charge in [0.15, 0.2) is 0 Å². The van der Waals surface area contributed by atoms with E-state index in [0.29, 0.717) is 6.42 Å². The van der Waals surface area contributed by atoms with Crippen LogP contribution in [0.4, 0.5) is 0 Å². The Hall–Kier alpha value is -1.10. The molecule has 1 aliphatic carbocycles. The summed E-state index contributed by atoms with van der Waals surface area (Å²) in [6.07, 6.45) is 6.54. The van der Waals surface area contributed by atoms with Crippen molar-refractivity contribution in [1.82, 2.24) is 15.1 Å². The number of carbonyl (C=O) groups is 2. The fourth-order valence-electron chi connectivity index (χ4n) is 4.37. The summed E-state index contributed by atoms with van der Waals surface area (Å²) in [5.41, 5.74) is -0.585. The number of nitrogens with one attached hydrogen (secondary N) is 1. The largest absolute Gasteiger partial charge is 0.340 e. The molecule has 118 valence electrons. The van der Waals surface area contributed by atoms with E-state index in [9.17, 15) is 9.59 Å². The Bertz CT molecular complexity index is 431. The van der Waals surface area contributed by atoms with E-state index >= 15 is 0 Å². The van der Waals surface area contributed by atoms with Crippen LogP contribution in [0.3, 0.4) is 0 Å². The average molecular weight is 293 g/mol. The highest BCUT2D eigenvalue weighted by atomic mass is 16.2. The fraction of sp³-hybridized carbons (Fsp3) is 0.875. The van der Waals surface area contributed by atoms with Gasteiger partial charge in [-0.1, -0.05) is 19.8 Å². The molecule has 21 heavy (non-hydrogen) atoms. The summed E-state index contributed by atoms with van der Waals surface area (Å²) in [4.78, 5) is 29.9. The molecule has 2 amide bonds. The van der Waals surface area contributed by atoms with Crippen molar-refractivity contribution in [3.05, 3.63) is 0 Å². The quantitative estimate of drug-likeness (QED) is 0.830. The molecular formula is C16H27N3O2. The van der Waals surface area contributed by atoms with Gasteiger partial charge in [-0.3, -0.25) is 9.59 Å². The third-order valence-corrected chi connectivity index (χ3v) is 5.48. The maximum atomic E-state index is 13.2. The number of nitrogens with zero attached hydrogens (tertiary/aromatic N) is 2. The van der Waals surface area contributed by atoms with E-state index in [1.165, 1.54) is 0 Å². The van der Waals surface area contributed by atoms with Crippen molar-refractivity contribution in [2.75, 3.05) is 20.1 Å². The minimum Gasteiger partial charge on any atom is -0.340 e. The van der Waals surface area contributed by atoms with Gasteiger partial charge in [-0.2, -0.15) is 0 Å². The standard InChI is InChI=1S/C16H27N3O2/c1-3-13-14(20)17-16(8-4-5-9-16)15(21)19(13)12-7-6-10-18(2)11-12/h12-13H,3-11H2,1-2H3,(H,17,20). The lowest BCUT2D eigenvalue weighted by Gasteiger charge is -2.49. The number of amides is 2. The van der Waals surface area contributed by atoms with Gasteiger partial charge in [0.05, 0.1) is 0 Å². The van der Waals surface area contributed by atoms with Crippen molar-refractivity contribution in [3.63, 3.8) is 0 Å². The highest BCUT2D eigenvalue weighted by Crippen LogP contribution is 2.36. The van der Waals surface area contributed by atoms with E-state index in [0.717, 1.165) is 51.6 Å². The van der Waals surface area contributed by atoms with Gasteiger partial charge in [-0.15, -0.1) is 0 Å². The van der Waals surface area contributed by atoms with Crippen LogP contribution >= 0.6 is 0 Å². The van der Waals surface area contributed by atoms with Gasteiger partial charge in [0.25, 0.3) is 0 Å². The average Bonchev–Trinajstić information content (AvgIpc) is 2.92. The Morgan fingerprint density at radius 1 is 1.24 bits per heavy atom. The van der Waals surface area contributed by atoms with Crippen molar-refractivity contribution in [3.8, 4) is 0 Å². The van der Waals surface area contributed by atoms with E-state index < -0.39 is 5.54 Å². The second kappa shape index (κ2) is 5.59. The Labute approximate surface area is 127 Å². The SMILES string of the molecule is CCC1C(=O)NC2(CCCC2)C(=O)N1C1CCCN(C)C1. The minimum absolute atomic E-state index is 0.0622. The lowest BCUT2D eigenvalue weighted by molar-refractivity contribution is -0.159. The molecule has 3 fully saturated rings. The van der Waals surface area contributed by atoms with E-state index in [4.69, 9.17) is 0 Å². The zero-order valence-corrected chi connectivity index (χ0v) is 13.2. The summed E-state index contributed by atoms with van der Waals surface area (Å²) >= 11 is 0. The highest BCUT2D eigenvalue weighted by Gasteiger charge is 2.53. The van der Waals surface area contributed by atoms with Gasteiger partial charge in [-0.25, -0.2) is 0 Å². The van der Waals surface area contributed by atoms with E-state index in [1.807, 2.05) is 11.8 Å². The molecule has 5 heteroatoms.